The molecular formula is Ca3Cu3Na3O20P5. The van der Waals surface area contributed by atoms with Crippen molar-refractivity contribution in [3.8, 4) is 0 Å². The van der Waals surface area contributed by atoms with Crippen molar-refractivity contribution in [3.05, 3.63) is 0 Å². The van der Waals surface area contributed by atoms with E-state index < -0.39 is 39.1 Å². The molecule has 0 unspecified atom stereocenters. The molecule has 0 N–H and O–H groups in total. The third-order valence-electron chi connectivity index (χ3n) is 0. The molecule has 34 heavy (non-hydrogen) atoms. The van der Waals surface area contributed by atoms with E-state index in [2.05, 4.69) is 0 Å². The van der Waals surface area contributed by atoms with E-state index in [0.717, 1.165) is 0 Å². The maximum atomic E-state index is 8.55. The van der Waals surface area contributed by atoms with Crippen molar-refractivity contribution in [2.24, 2.45) is 0 Å². The quantitative estimate of drug-likeness (QED) is 0.161. The summed E-state index contributed by atoms with van der Waals surface area (Å²) in [5.41, 5.74) is 0. The molecule has 0 bridgehead atoms. The summed E-state index contributed by atoms with van der Waals surface area (Å²) in [5.74, 6) is 0. The molecule has 0 aliphatic heterocycles. The molecule has 0 aromatic heterocycles. The molecule has 0 heterocycles. The van der Waals surface area contributed by atoms with Gasteiger partial charge in [0.15, 0.2) is 0 Å². The van der Waals surface area contributed by atoms with E-state index in [-0.39, 0.29) is 253 Å². The molecular weight excluding hydrogens is 855 g/mol. The molecule has 0 aliphatic carbocycles. The van der Waals surface area contributed by atoms with Crippen molar-refractivity contribution in [1.82, 2.24) is 0 Å². The average Bonchev–Trinajstić information content (AvgIpc) is 1.79. The molecule has 0 fully saturated rings. The van der Waals surface area contributed by atoms with E-state index in [1.807, 2.05) is 0 Å². The van der Waals surface area contributed by atoms with Gasteiger partial charge in [0.05, 0.1) is 0 Å². The second-order valence-electron chi connectivity index (χ2n) is 2.24. The van der Waals surface area contributed by atoms with Crippen LogP contribution in [0.3, 0.4) is 0 Å². The molecule has 34 heteroatoms. The standard InChI is InChI=1S/3Ca.3Cu.3Na.5H3O4P/c;;;;;;;;;5*1-5(2,3)4/h;;;;;;;;;5*(H3,1,2,3,4)/q6*+2;3*+1;;;;;/p-15. The number of hydrogen-bond donors (Lipinski definition) is 0. The van der Waals surface area contributed by atoms with Gasteiger partial charge < -0.3 is 96.2 Å². The van der Waals surface area contributed by atoms with Gasteiger partial charge in [-0.25, -0.2) is 0 Å². The summed E-state index contributed by atoms with van der Waals surface area (Å²) in [4.78, 5) is 128. The van der Waals surface area contributed by atoms with E-state index in [0.29, 0.717) is 0 Å². The number of rotatable bonds is 0. The maximum Gasteiger partial charge on any atom is 2.00 e. The Morgan fingerprint density at radius 1 is 0.265 bits per heavy atom. The first kappa shape index (κ1) is 90.2. The molecule has 0 aliphatic rings. The van der Waals surface area contributed by atoms with Gasteiger partial charge in [-0.3, -0.25) is 0 Å². The first-order valence-electron chi connectivity index (χ1n) is 3.65. The fourth-order valence-corrected chi connectivity index (χ4v) is 0. The summed E-state index contributed by atoms with van der Waals surface area (Å²) in [6.45, 7) is 0. The normalized spacial score (nSPS) is 8.68. The second kappa shape index (κ2) is 46.3. The Bertz CT molecular complexity index is 408. The monoisotopic (exact) mass is 852 g/mol. The third-order valence-corrected chi connectivity index (χ3v) is 0. The van der Waals surface area contributed by atoms with E-state index in [1.165, 1.54) is 0 Å². The SMILES string of the molecule is O=P([O-])([O-])[O-].O=P([O-])([O-])[O-].O=P([O-])([O-])[O-].O=P([O-])([O-])[O-].O=P([O-])([O-])[O-].[Ca+2].[Ca+2].[Ca+2].[Cu+2].[Cu+2].[Cu+2].[Na+].[Na+].[Na+]. The van der Waals surface area contributed by atoms with Gasteiger partial charge in [0.2, 0.25) is 0 Å². The summed E-state index contributed by atoms with van der Waals surface area (Å²) in [6, 6.07) is 0. The van der Waals surface area contributed by atoms with Gasteiger partial charge in [-0.05, 0) is 0 Å². The van der Waals surface area contributed by atoms with Crippen molar-refractivity contribution in [2.75, 3.05) is 0 Å². The molecule has 3 radical (unpaired) electrons. The Hall–Kier alpha value is 8.89. The first-order chi connectivity index (χ1) is 10.0. The van der Waals surface area contributed by atoms with Gasteiger partial charge in [0, 0.05) is 0 Å². The summed E-state index contributed by atoms with van der Waals surface area (Å²) in [7, 11) is -26.9. The van der Waals surface area contributed by atoms with Crippen molar-refractivity contribution >= 4 is 152 Å². The maximum absolute atomic E-state index is 8.55. The van der Waals surface area contributed by atoms with Crippen molar-refractivity contribution in [3.63, 3.8) is 0 Å². The number of phosphoric acid groups is 5. The van der Waals surface area contributed by atoms with Gasteiger partial charge in [-0.2, -0.15) is 39.1 Å². The van der Waals surface area contributed by atoms with E-state index in [9.17, 15) is 0 Å². The molecule has 0 aromatic carbocycles. The van der Waals surface area contributed by atoms with Crippen LogP contribution in [-0.2, 0) is 74.0 Å². The molecule has 0 saturated carbocycles. The largest absolute Gasteiger partial charge is 2.00 e. The fraction of sp³-hybridized carbons (Fsp3) is 0. The van der Waals surface area contributed by atoms with Crippen LogP contribution in [0.5, 0.6) is 0 Å². The van der Waals surface area contributed by atoms with Crippen LogP contribution in [-0.4, -0.2) is 113 Å². The number of hydrogen-bond acceptors (Lipinski definition) is 20. The molecule has 20 nitrogen and oxygen atoms in total. The van der Waals surface area contributed by atoms with Crippen LogP contribution in [0.2, 0.25) is 0 Å². The Labute approximate surface area is 379 Å². The zero-order valence-corrected chi connectivity index (χ0v) is 36.3. The molecule has 0 aromatic rings. The minimum atomic E-state index is -5.39. The summed E-state index contributed by atoms with van der Waals surface area (Å²) in [5, 5.41) is 0. The zero-order valence-electron chi connectivity index (χ0n) is 16.4. The molecule has 0 rings (SSSR count). The van der Waals surface area contributed by atoms with E-state index in [1.54, 1.807) is 0 Å². The Morgan fingerprint density at radius 3 is 0.265 bits per heavy atom. The zero-order chi connectivity index (χ0) is 22.5. The third kappa shape index (κ3) is 824. The van der Waals surface area contributed by atoms with E-state index in [4.69, 9.17) is 96.2 Å². The van der Waals surface area contributed by atoms with Crippen molar-refractivity contribution < 1.29 is 236 Å². The minimum absolute atomic E-state index is 0. The van der Waals surface area contributed by atoms with Gasteiger partial charge in [0.25, 0.3) is 0 Å². The Balaban J connectivity index is -0.0000000115. The first-order valence-corrected chi connectivity index (χ1v) is 11.0. The summed E-state index contributed by atoms with van der Waals surface area (Å²) < 4.78 is 42.7. The van der Waals surface area contributed by atoms with Crippen molar-refractivity contribution in [2.45, 2.75) is 0 Å². The van der Waals surface area contributed by atoms with Crippen molar-refractivity contribution in [1.29, 1.82) is 0 Å². The predicted molar refractivity (Wildman–Crippen MR) is 55.3 cm³/mol. The smallest absolute Gasteiger partial charge is 0.822 e. The van der Waals surface area contributed by atoms with Crippen LogP contribution < -0.4 is 162 Å². The van der Waals surface area contributed by atoms with Gasteiger partial charge in [0.1, 0.15) is 0 Å². The average molecular weight is 855 g/mol. The van der Waals surface area contributed by atoms with Crippen LogP contribution >= 0.6 is 39.1 Å². The molecule has 0 spiro atoms. The molecule has 0 amide bonds. The van der Waals surface area contributed by atoms with Crippen LogP contribution in [0.4, 0.5) is 0 Å². The topological polar surface area (TPSA) is 431 Å². The predicted octanol–water partition coefficient (Wildman–Crippen LogP) is -24.3. The Morgan fingerprint density at radius 2 is 0.265 bits per heavy atom. The second-order valence-corrected chi connectivity index (χ2v) is 6.71. The minimum Gasteiger partial charge on any atom is -0.822 e. The summed E-state index contributed by atoms with van der Waals surface area (Å²) in [6.07, 6.45) is 0. The molecule has 0 saturated heterocycles. The van der Waals surface area contributed by atoms with Gasteiger partial charge in [-0.1, -0.05) is 0 Å². The van der Waals surface area contributed by atoms with Crippen LogP contribution in [0.25, 0.3) is 0 Å². The summed E-state index contributed by atoms with van der Waals surface area (Å²) >= 11 is 0. The fourth-order valence-electron chi connectivity index (χ4n) is 0. The van der Waals surface area contributed by atoms with Gasteiger partial charge in [-0.15, -0.1) is 0 Å². The van der Waals surface area contributed by atoms with Crippen LogP contribution in [0.15, 0.2) is 0 Å². The molecule has 187 valence electrons. The van der Waals surface area contributed by atoms with Crippen LogP contribution in [0, 0.1) is 0 Å². The molecule has 0 atom stereocenters. The van der Waals surface area contributed by atoms with E-state index >= 15 is 0 Å². The van der Waals surface area contributed by atoms with Crippen LogP contribution in [0.1, 0.15) is 0 Å². The van der Waals surface area contributed by atoms with Gasteiger partial charge >= 0.3 is 253 Å². The Kier molecular flexibility index (Phi) is 123.